The predicted molar refractivity (Wildman–Crippen MR) is 71.5 cm³/mol. The lowest BCUT2D eigenvalue weighted by molar-refractivity contribution is 0.415. The van der Waals surface area contributed by atoms with Crippen molar-refractivity contribution >= 4 is 23.2 Å². The fourth-order valence-corrected chi connectivity index (χ4v) is 2.22. The monoisotopic (exact) mass is 284 g/mol. The van der Waals surface area contributed by atoms with Crippen molar-refractivity contribution in [3.05, 3.63) is 44.9 Å². The third-order valence-corrected chi connectivity index (χ3v) is 3.06. The first-order valence-corrected chi connectivity index (χ1v) is 5.86. The first-order valence-electron chi connectivity index (χ1n) is 5.11. The Hall–Kier alpha value is -1.52. The van der Waals surface area contributed by atoms with Crippen LogP contribution in [0.4, 0.5) is 0 Å². The molecule has 0 atom stereocenters. The molecule has 18 heavy (non-hydrogen) atoms. The van der Waals surface area contributed by atoms with Crippen molar-refractivity contribution in [1.82, 2.24) is 9.55 Å². The van der Waals surface area contributed by atoms with Gasteiger partial charge in [0, 0.05) is 12.6 Å². The summed E-state index contributed by atoms with van der Waals surface area (Å²) in [5.41, 5.74) is 0.854. The van der Waals surface area contributed by atoms with Crippen molar-refractivity contribution in [3.63, 3.8) is 0 Å². The highest BCUT2D eigenvalue weighted by Crippen LogP contribution is 2.28. The highest BCUT2D eigenvalue weighted by Gasteiger charge is 2.13. The molecular formula is C12H10Cl2N2O2. The van der Waals surface area contributed by atoms with Gasteiger partial charge < -0.3 is 9.30 Å². The summed E-state index contributed by atoms with van der Waals surface area (Å²) >= 11 is 11.7. The van der Waals surface area contributed by atoms with Gasteiger partial charge in [-0.1, -0.05) is 35.3 Å². The van der Waals surface area contributed by atoms with E-state index in [1.165, 1.54) is 4.57 Å². The average molecular weight is 285 g/mol. The average Bonchev–Trinajstić information content (AvgIpc) is 2.36. The number of aromatic nitrogens is 2. The van der Waals surface area contributed by atoms with Gasteiger partial charge in [0.1, 0.15) is 5.75 Å². The third kappa shape index (κ3) is 2.21. The summed E-state index contributed by atoms with van der Waals surface area (Å²) in [5, 5.41) is 0.0319. The molecule has 0 bridgehead atoms. The summed E-state index contributed by atoms with van der Waals surface area (Å²) in [5.74, 6) is 0.672. The summed E-state index contributed by atoms with van der Waals surface area (Å²) in [6, 6.07) is 7.21. The van der Waals surface area contributed by atoms with E-state index in [-0.39, 0.29) is 15.9 Å². The van der Waals surface area contributed by atoms with E-state index in [1.807, 2.05) is 12.1 Å². The van der Waals surface area contributed by atoms with E-state index in [9.17, 15) is 4.79 Å². The molecule has 0 radical (unpaired) electrons. The Balaban J connectivity index is 2.71. The third-order valence-electron chi connectivity index (χ3n) is 2.55. The molecule has 2 aromatic rings. The number of methoxy groups -OCH3 is 1. The van der Waals surface area contributed by atoms with Crippen LogP contribution in [0.15, 0.2) is 29.1 Å². The van der Waals surface area contributed by atoms with Crippen molar-refractivity contribution < 1.29 is 4.74 Å². The molecule has 0 N–H and O–H groups in total. The Morgan fingerprint density at radius 3 is 2.67 bits per heavy atom. The number of ether oxygens (including phenoxy) is 1. The van der Waals surface area contributed by atoms with E-state index in [1.54, 1.807) is 26.3 Å². The van der Waals surface area contributed by atoms with Crippen LogP contribution in [0, 0.1) is 0 Å². The zero-order valence-electron chi connectivity index (χ0n) is 9.78. The molecule has 0 fully saturated rings. The molecule has 1 aromatic heterocycles. The van der Waals surface area contributed by atoms with Gasteiger partial charge in [0.25, 0.3) is 5.56 Å². The topological polar surface area (TPSA) is 44.1 Å². The predicted octanol–water partition coefficient (Wildman–Crippen LogP) is 2.76. The van der Waals surface area contributed by atoms with E-state index in [0.29, 0.717) is 11.4 Å². The molecule has 1 heterocycles. The van der Waals surface area contributed by atoms with Crippen LogP contribution >= 0.6 is 23.2 Å². The molecular weight excluding hydrogens is 275 g/mol. The summed E-state index contributed by atoms with van der Waals surface area (Å²) in [6.07, 6.45) is 0. The fourth-order valence-electron chi connectivity index (χ4n) is 1.65. The second-order valence-corrected chi connectivity index (χ2v) is 4.35. The van der Waals surface area contributed by atoms with Crippen LogP contribution < -0.4 is 10.3 Å². The highest BCUT2D eigenvalue weighted by molar-refractivity contribution is 6.33. The standard InChI is InChI=1S/C12H10Cl2N2O2/c1-16-9(10(13)15-11(14)12(16)17)7-4-3-5-8(6-7)18-2/h3-6H,1-2H3. The molecule has 0 aliphatic rings. The SMILES string of the molecule is COc1cccc(-c2c(Cl)nc(Cl)c(=O)n2C)c1. The molecule has 0 amide bonds. The Morgan fingerprint density at radius 1 is 1.28 bits per heavy atom. The van der Waals surface area contributed by atoms with Gasteiger partial charge >= 0.3 is 0 Å². The Morgan fingerprint density at radius 2 is 2.00 bits per heavy atom. The maximum absolute atomic E-state index is 11.7. The van der Waals surface area contributed by atoms with E-state index < -0.39 is 0 Å². The molecule has 0 saturated carbocycles. The number of rotatable bonds is 2. The normalized spacial score (nSPS) is 10.4. The lowest BCUT2D eigenvalue weighted by Crippen LogP contribution is -2.20. The molecule has 2 rings (SSSR count). The van der Waals surface area contributed by atoms with Gasteiger partial charge in [0.2, 0.25) is 0 Å². The first kappa shape index (κ1) is 12.9. The second-order valence-electron chi connectivity index (χ2n) is 3.64. The number of benzene rings is 1. The van der Waals surface area contributed by atoms with Gasteiger partial charge in [0.05, 0.1) is 12.8 Å². The summed E-state index contributed by atoms with van der Waals surface area (Å²) in [7, 11) is 3.16. The second kappa shape index (κ2) is 5.00. The maximum Gasteiger partial charge on any atom is 0.288 e. The molecule has 0 aliphatic heterocycles. The summed E-state index contributed by atoms with van der Waals surface area (Å²) in [6.45, 7) is 0. The largest absolute Gasteiger partial charge is 0.497 e. The lowest BCUT2D eigenvalue weighted by Gasteiger charge is -2.11. The van der Waals surface area contributed by atoms with Gasteiger partial charge in [0.15, 0.2) is 10.3 Å². The summed E-state index contributed by atoms with van der Waals surface area (Å²) in [4.78, 5) is 15.6. The van der Waals surface area contributed by atoms with Crippen LogP contribution in [0.25, 0.3) is 11.3 Å². The number of nitrogens with zero attached hydrogens (tertiary/aromatic N) is 2. The van der Waals surface area contributed by atoms with Gasteiger partial charge in [-0.25, -0.2) is 4.98 Å². The maximum atomic E-state index is 11.7. The molecule has 0 spiro atoms. The minimum Gasteiger partial charge on any atom is -0.497 e. The van der Waals surface area contributed by atoms with Crippen LogP contribution in [-0.4, -0.2) is 16.7 Å². The zero-order chi connectivity index (χ0) is 13.3. The minimum atomic E-state index is -0.390. The lowest BCUT2D eigenvalue weighted by atomic mass is 10.1. The Labute approximate surface area is 114 Å². The number of hydrogen-bond donors (Lipinski definition) is 0. The Kier molecular flexibility index (Phi) is 3.59. The van der Waals surface area contributed by atoms with Crippen molar-refractivity contribution in [3.8, 4) is 17.0 Å². The summed E-state index contributed by atoms with van der Waals surface area (Å²) < 4.78 is 6.50. The smallest absolute Gasteiger partial charge is 0.288 e. The molecule has 0 saturated heterocycles. The van der Waals surface area contributed by atoms with Crippen LogP contribution in [0.5, 0.6) is 5.75 Å². The molecule has 0 unspecified atom stereocenters. The van der Waals surface area contributed by atoms with Crippen LogP contribution in [0.2, 0.25) is 10.3 Å². The van der Waals surface area contributed by atoms with Gasteiger partial charge in [-0.15, -0.1) is 0 Å². The molecule has 0 aliphatic carbocycles. The van der Waals surface area contributed by atoms with E-state index in [0.717, 1.165) is 5.56 Å². The van der Waals surface area contributed by atoms with E-state index in [2.05, 4.69) is 4.98 Å². The zero-order valence-corrected chi connectivity index (χ0v) is 11.3. The first-order chi connectivity index (χ1) is 8.54. The van der Waals surface area contributed by atoms with E-state index in [4.69, 9.17) is 27.9 Å². The van der Waals surface area contributed by atoms with Gasteiger partial charge in [-0.05, 0) is 12.1 Å². The molecule has 6 heteroatoms. The fraction of sp³-hybridized carbons (Fsp3) is 0.167. The van der Waals surface area contributed by atoms with Gasteiger partial charge in [-0.2, -0.15) is 0 Å². The molecule has 94 valence electrons. The van der Waals surface area contributed by atoms with E-state index >= 15 is 0 Å². The number of hydrogen-bond acceptors (Lipinski definition) is 3. The van der Waals surface area contributed by atoms with Crippen molar-refractivity contribution in [2.45, 2.75) is 0 Å². The van der Waals surface area contributed by atoms with Crippen molar-refractivity contribution in [2.24, 2.45) is 7.05 Å². The molecule has 4 nitrogen and oxygen atoms in total. The van der Waals surface area contributed by atoms with Crippen LogP contribution in [0.3, 0.4) is 0 Å². The molecule has 1 aromatic carbocycles. The minimum absolute atomic E-state index is 0.144. The van der Waals surface area contributed by atoms with Crippen molar-refractivity contribution in [1.29, 1.82) is 0 Å². The van der Waals surface area contributed by atoms with Crippen molar-refractivity contribution in [2.75, 3.05) is 7.11 Å². The van der Waals surface area contributed by atoms with Crippen LogP contribution in [0.1, 0.15) is 0 Å². The number of halogens is 2. The quantitative estimate of drug-likeness (QED) is 0.852. The van der Waals surface area contributed by atoms with Crippen LogP contribution in [-0.2, 0) is 7.05 Å². The van der Waals surface area contributed by atoms with Gasteiger partial charge in [-0.3, -0.25) is 4.79 Å². The Bertz CT molecular complexity index is 653. The highest BCUT2D eigenvalue weighted by atomic mass is 35.5.